The maximum absolute atomic E-state index is 13.2. The van der Waals surface area contributed by atoms with Crippen LogP contribution in [0, 0.1) is 5.82 Å². The second kappa shape index (κ2) is 5.87. The van der Waals surface area contributed by atoms with Crippen LogP contribution in [0.4, 0.5) is 4.39 Å². The van der Waals surface area contributed by atoms with E-state index in [2.05, 4.69) is 0 Å². The van der Waals surface area contributed by atoms with Gasteiger partial charge in [-0.2, -0.15) is 0 Å². The Balaban J connectivity index is 2.40. The van der Waals surface area contributed by atoms with Crippen LogP contribution in [0.2, 0.25) is 5.02 Å². The Morgan fingerprint density at radius 1 is 1.22 bits per heavy atom. The maximum Gasteiger partial charge on any atom is 0.489 e. The number of benzene rings is 1. The molecule has 0 spiro atoms. The molecule has 0 aliphatic heterocycles. The Morgan fingerprint density at radius 2 is 1.94 bits per heavy atom. The van der Waals surface area contributed by atoms with Gasteiger partial charge >= 0.3 is 7.12 Å². The highest BCUT2D eigenvalue weighted by Crippen LogP contribution is 2.36. The Kier molecular flexibility index (Phi) is 4.43. The first-order chi connectivity index (χ1) is 8.67. The molecule has 96 valence electrons. The second-order valence-electron chi connectivity index (χ2n) is 4.29. The SMILES string of the molecule is COB(OC)C1=C(c2ccc(F)c(Cl)c2)CCC1. The number of rotatable bonds is 4. The summed E-state index contributed by atoms with van der Waals surface area (Å²) in [6.45, 7) is 0. The van der Waals surface area contributed by atoms with Gasteiger partial charge in [-0.1, -0.05) is 17.7 Å². The maximum atomic E-state index is 13.2. The van der Waals surface area contributed by atoms with Crippen molar-refractivity contribution in [2.75, 3.05) is 14.2 Å². The van der Waals surface area contributed by atoms with Crippen LogP contribution in [-0.4, -0.2) is 21.3 Å². The molecule has 2 nitrogen and oxygen atoms in total. The van der Waals surface area contributed by atoms with Crippen LogP contribution < -0.4 is 0 Å². The molecule has 1 aliphatic rings. The predicted octanol–water partition coefficient (Wildman–Crippen LogP) is 3.74. The highest BCUT2D eigenvalue weighted by molar-refractivity contribution is 6.55. The van der Waals surface area contributed by atoms with Crippen molar-refractivity contribution in [1.82, 2.24) is 0 Å². The zero-order valence-electron chi connectivity index (χ0n) is 10.5. The summed E-state index contributed by atoms with van der Waals surface area (Å²) in [5, 5.41) is 0.151. The van der Waals surface area contributed by atoms with Gasteiger partial charge in [0.15, 0.2) is 0 Å². The lowest BCUT2D eigenvalue weighted by Crippen LogP contribution is -2.22. The molecule has 0 heterocycles. The van der Waals surface area contributed by atoms with Crippen molar-refractivity contribution in [2.45, 2.75) is 19.3 Å². The summed E-state index contributed by atoms with van der Waals surface area (Å²) in [5.41, 5.74) is 3.24. The average Bonchev–Trinajstić information content (AvgIpc) is 2.83. The van der Waals surface area contributed by atoms with E-state index in [4.69, 9.17) is 20.9 Å². The molecular weight excluding hydrogens is 253 g/mol. The zero-order valence-corrected chi connectivity index (χ0v) is 11.3. The minimum atomic E-state index is -0.393. The van der Waals surface area contributed by atoms with Crippen LogP contribution in [0.15, 0.2) is 23.7 Å². The van der Waals surface area contributed by atoms with Crippen molar-refractivity contribution < 1.29 is 13.7 Å². The van der Waals surface area contributed by atoms with Crippen molar-refractivity contribution in [2.24, 2.45) is 0 Å². The van der Waals surface area contributed by atoms with Gasteiger partial charge in [0.2, 0.25) is 0 Å². The molecule has 18 heavy (non-hydrogen) atoms. The summed E-state index contributed by atoms with van der Waals surface area (Å²) in [4.78, 5) is 0. The lowest BCUT2D eigenvalue weighted by Gasteiger charge is -2.13. The molecule has 1 aromatic rings. The third-order valence-corrected chi connectivity index (χ3v) is 3.53. The summed E-state index contributed by atoms with van der Waals surface area (Å²) in [5.74, 6) is -0.393. The van der Waals surface area contributed by atoms with Gasteiger partial charge in [-0.05, 0) is 48.0 Å². The average molecular weight is 269 g/mol. The second-order valence-corrected chi connectivity index (χ2v) is 4.70. The number of allylic oxidation sites excluding steroid dienone is 2. The van der Waals surface area contributed by atoms with Crippen LogP contribution in [-0.2, 0) is 9.31 Å². The number of halogens is 2. The van der Waals surface area contributed by atoms with Crippen molar-refractivity contribution >= 4 is 24.3 Å². The fourth-order valence-corrected chi connectivity index (χ4v) is 2.60. The van der Waals surface area contributed by atoms with Crippen LogP contribution >= 0.6 is 11.6 Å². The standard InChI is InChI=1S/C13H15BClFO2/c1-17-14(18-2)11-5-3-4-10(11)9-6-7-13(16)12(15)8-9/h6-8H,3-5H2,1-2H3. The van der Waals surface area contributed by atoms with E-state index in [1.165, 1.54) is 6.07 Å². The molecule has 0 fully saturated rings. The molecule has 1 aliphatic carbocycles. The lowest BCUT2D eigenvalue weighted by atomic mass is 9.74. The monoisotopic (exact) mass is 268 g/mol. The molecule has 0 aromatic heterocycles. The topological polar surface area (TPSA) is 18.5 Å². The fourth-order valence-electron chi connectivity index (χ4n) is 2.42. The van der Waals surface area contributed by atoms with Crippen molar-refractivity contribution in [3.8, 4) is 0 Å². The number of hydrogen-bond donors (Lipinski definition) is 0. The minimum Gasteiger partial charge on any atom is -0.410 e. The van der Waals surface area contributed by atoms with Crippen molar-refractivity contribution in [3.05, 3.63) is 40.1 Å². The summed E-state index contributed by atoms with van der Waals surface area (Å²) in [6, 6.07) is 4.82. The van der Waals surface area contributed by atoms with Crippen LogP contribution in [0.3, 0.4) is 0 Å². The van der Waals surface area contributed by atoms with E-state index in [9.17, 15) is 4.39 Å². The van der Waals surface area contributed by atoms with E-state index in [1.54, 1.807) is 26.4 Å². The highest BCUT2D eigenvalue weighted by Gasteiger charge is 2.28. The molecule has 0 bridgehead atoms. The van der Waals surface area contributed by atoms with E-state index in [0.29, 0.717) is 0 Å². The van der Waals surface area contributed by atoms with Crippen molar-refractivity contribution in [3.63, 3.8) is 0 Å². The summed E-state index contributed by atoms with van der Waals surface area (Å²) in [7, 11) is 2.91. The third-order valence-electron chi connectivity index (χ3n) is 3.24. The molecule has 0 unspecified atom stereocenters. The zero-order chi connectivity index (χ0) is 13.1. The Morgan fingerprint density at radius 3 is 2.56 bits per heavy atom. The Labute approximate surface area is 112 Å². The van der Waals surface area contributed by atoms with Gasteiger partial charge in [-0.15, -0.1) is 0 Å². The molecular formula is C13H15BClFO2. The van der Waals surface area contributed by atoms with Crippen LogP contribution in [0.1, 0.15) is 24.8 Å². The minimum absolute atomic E-state index is 0.151. The first-order valence-electron chi connectivity index (χ1n) is 5.90. The third kappa shape index (κ3) is 2.61. The molecule has 0 saturated heterocycles. The summed E-state index contributed by atoms with van der Waals surface area (Å²) in [6.07, 6.45) is 2.94. The summed E-state index contributed by atoms with van der Waals surface area (Å²) < 4.78 is 23.8. The molecule has 0 atom stereocenters. The van der Waals surface area contributed by atoms with E-state index in [0.717, 1.165) is 35.9 Å². The van der Waals surface area contributed by atoms with Gasteiger partial charge in [0.05, 0.1) is 5.02 Å². The first kappa shape index (κ1) is 13.6. The van der Waals surface area contributed by atoms with Crippen molar-refractivity contribution in [1.29, 1.82) is 0 Å². The molecule has 5 heteroatoms. The van der Waals surface area contributed by atoms with Gasteiger partial charge in [-0.25, -0.2) is 4.39 Å². The van der Waals surface area contributed by atoms with Gasteiger partial charge in [-0.3, -0.25) is 0 Å². The Bertz CT molecular complexity index is 472. The van der Waals surface area contributed by atoms with Crippen LogP contribution in [0.5, 0.6) is 0 Å². The largest absolute Gasteiger partial charge is 0.489 e. The van der Waals surface area contributed by atoms with E-state index < -0.39 is 5.82 Å². The first-order valence-corrected chi connectivity index (χ1v) is 6.28. The van der Waals surface area contributed by atoms with Gasteiger partial charge in [0.1, 0.15) is 5.82 Å². The molecule has 1 aromatic carbocycles. The molecule has 0 saturated carbocycles. The molecule has 0 N–H and O–H groups in total. The van der Waals surface area contributed by atoms with E-state index >= 15 is 0 Å². The normalized spacial score (nSPS) is 15.3. The highest BCUT2D eigenvalue weighted by atomic mass is 35.5. The smallest absolute Gasteiger partial charge is 0.410 e. The molecule has 0 radical (unpaired) electrons. The van der Waals surface area contributed by atoms with Crippen LogP contribution in [0.25, 0.3) is 5.57 Å². The van der Waals surface area contributed by atoms with E-state index in [-0.39, 0.29) is 12.1 Å². The molecule has 0 amide bonds. The number of hydrogen-bond acceptors (Lipinski definition) is 2. The van der Waals surface area contributed by atoms with E-state index in [1.807, 2.05) is 0 Å². The fraction of sp³-hybridized carbons (Fsp3) is 0.385. The Hall–Kier alpha value is -0.835. The lowest BCUT2D eigenvalue weighted by molar-refractivity contribution is 0.286. The molecule has 2 rings (SSSR count). The predicted molar refractivity (Wildman–Crippen MR) is 72.0 cm³/mol. The summed E-state index contributed by atoms with van der Waals surface area (Å²) >= 11 is 5.83. The van der Waals surface area contributed by atoms with Gasteiger partial charge in [0, 0.05) is 14.2 Å². The van der Waals surface area contributed by atoms with Gasteiger partial charge < -0.3 is 9.31 Å². The van der Waals surface area contributed by atoms with Gasteiger partial charge in [0.25, 0.3) is 0 Å². The quantitative estimate of drug-likeness (QED) is 0.775.